The van der Waals surface area contributed by atoms with Crippen molar-refractivity contribution in [2.75, 3.05) is 6.61 Å². The van der Waals surface area contributed by atoms with E-state index in [0.29, 0.717) is 18.8 Å². The maximum atomic E-state index is 13.8. The van der Waals surface area contributed by atoms with Gasteiger partial charge in [-0.2, -0.15) is 13.2 Å². The van der Waals surface area contributed by atoms with Crippen LogP contribution in [0.2, 0.25) is 0 Å². The Morgan fingerprint density at radius 2 is 1.39 bits per heavy atom. The summed E-state index contributed by atoms with van der Waals surface area (Å²) in [5.41, 5.74) is 2.83. The van der Waals surface area contributed by atoms with Gasteiger partial charge in [-0.1, -0.05) is 102 Å². The van der Waals surface area contributed by atoms with E-state index in [1.54, 1.807) is 0 Å². The Morgan fingerprint density at radius 1 is 0.778 bits per heavy atom. The summed E-state index contributed by atoms with van der Waals surface area (Å²) in [4.78, 5) is 0. The second-order valence-corrected chi connectivity index (χ2v) is 10.3. The predicted octanol–water partition coefficient (Wildman–Crippen LogP) is 9.76. The molecule has 0 aromatic heterocycles. The minimum absolute atomic E-state index is 0.0228. The van der Waals surface area contributed by atoms with Crippen molar-refractivity contribution in [3.05, 3.63) is 54.1 Å². The zero-order valence-corrected chi connectivity index (χ0v) is 22.0. The lowest BCUT2D eigenvalue weighted by Gasteiger charge is -2.34. The van der Waals surface area contributed by atoms with E-state index in [1.807, 2.05) is 48.5 Å². The Bertz CT molecular complexity index is 853. The molecule has 1 unspecified atom stereocenters. The number of rotatable bonds is 14. The average Bonchev–Trinajstić information content (AvgIpc) is 2.88. The third kappa shape index (κ3) is 9.14. The molecule has 0 aliphatic heterocycles. The van der Waals surface area contributed by atoms with Crippen LogP contribution in [-0.2, 0) is 11.3 Å². The zero-order chi connectivity index (χ0) is 25.8. The number of unbranched alkanes of at least 4 members (excludes halogenated alkanes) is 4. The first-order valence-corrected chi connectivity index (χ1v) is 13.9. The Labute approximate surface area is 215 Å². The first kappa shape index (κ1) is 28.6. The molecule has 0 saturated heterocycles. The zero-order valence-electron chi connectivity index (χ0n) is 22.0. The van der Waals surface area contributed by atoms with Crippen LogP contribution in [0.3, 0.4) is 0 Å². The molecule has 2 aromatic carbocycles. The molecule has 200 valence electrons. The summed E-state index contributed by atoms with van der Waals surface area (Å²) < 4.78 is 52.8. The molecule has 0 radical (unpaired) electrons. The summed E-state index contributed by atoms with van der Waals surface area (Å²) >= 11 is 0. The van der Waals surface area contributed by atoms with Crippen molar-refractivity contribution in [1.82, 2.24) is 0 Å². The maximum absolute atomic E-state index is 13.8. The van der Waals surface area contributed by atoms with Gasteiger partial charge in [0.05, 0.1) is 13.2 Å². The predicted molar refractivity (Wildman–Crippen MR) is 141 cm³/mol. The van der Waals surface area contributed by atoms with E-state index in [0.717, 1.165) is 61.2 Å². The normalized spacial score (nSPS) is 19.2. The van der Waals surface area contributed by atoms with Gasteiger partial charge in [0.15, 0.2) is 6.10 Å². The molecule has 0 bridgehead atoms. The third-order valence-electron chi connectivity index (χ3n) is 7.45. The maximum Gasteiger partial charge on any atom is 0.414 e. The third-order valence-corrected chi connectivity index (χ3v) is 7.45. The molecule has 1 aliphatic carbocycles. The number of ether oxygens (including phenoxy) is 2. The van der Waals surface area contributed by atoms with Gasteiger partial charge in [0.25, 0.3) is 0 Å². The summed E-state index contributed by atoms with van der Waals surface area (Å²) in [6, 6.07) is 15.6. The van der Waals surface area contributed by atoms with Gasteiger partial charge in [-0.05, 0) is 59.9 Å². The molecule has 0 heterocycles. The van der Waals surface area contributed by atoms with Crippen LogP contribution in [0.5, 0.6) is 5.75 Å². The molecule has 1 aliphatic rings. The second kappa shape index (κ2) is 14.7. The number of alkyl halides is 3. The summed E-state index contributed by atoms with van der Waals surface area (Å²) in [5.74, 6) is 1.00. The molecular formula is C31H43F3O2. The van der Waals surface area contributed by atoms with E-state index >= 15 is 0 Å². The van der Waals surface area contributed by atoms with E-state index in [4.69, 9.17) is 9.47 Å². The summed E-state index contributed by atoms with van der Waals surface area (Å²) in [7, 11) is 0. The molecule has 1 saturated carbocycles. The highest BCUT2D eigenvalue weighted by Crippen LogP contribution is 2.40. The SMILES string of the molecule is CCCCCCOc1ccc(-c2ccc(COC(C3CCC(CCCC)CC3)C(F)(F)F)cc2)cc1. The van der Waals surface area contributed by atoms with Crippen molar-refractivity contribution >= 4 is 0 Å². The number of benzene rings is 2. The van der Waals surface area contributed by atoms with E-state index in [9.17, 15) is 13.2 Å². The van der Waals surface area contributed by atoms with Gasteiger partial charge in [-0.15, -0.1) is 0 Å². The minimum atomic E-state index is -4.33. The van der Waals surface area contributed by atoms with E-state index in [-0.39, 0.29) is 6.61 Å². The fourth-order valence-electron chi connectivity index (χ4n) is 5.21. The van der Waals surface area contributed by atoms with Crippen molar-refractivity contribution in [1.29, 1.82) is 0 Å². The summed E-state index contributed by atoms with van der Waals surface area (Å²) in [6.07, 6.45) is 5.13. The molecule has 0 spiro atoms. The lowest BCUT2D eigenvalue weighted by molar-refractivity contribution is -0.243. The van der Waals surface area contributed by atoms with Crippen LogP contribution in [0.4, 0.5) is 13.2 Å². The lowest BCUT2D eigenvalue weighted by atomic mass is 9.77. The largest absolute Gasteiger partial charge is 0.494 e. The van der Waals surface area contributed by atoms with Crippen LogP contribution in [0.25, 0.3) is 11.1 Å². The molecule has 2 nitrogen and oxygen atoms in total. The van der Waals surface area contributed by atoms with Crippen molar-refractivity contribution in [3.63, 3.8) is 0 Å². The molecular weight excluding hydrogens is 461 g/mol. The van der Waals surface area contributed by atoms with Crippen LogP contribution >= 0.6 is 0 Å². The van der Waals surface area contributed by atoms with Gasteiger partial charge < -0.3 is 9.47 Å². The van der Waals surface area contributed by atoms with Crippen molar-refractivity contribution < 1.29 is 22.6 Å². The topological polar surface area (TPSA) is 18.5 Å². The Hall–Kier alpha value is -2.01. The van der Waals surface area contributed by atoms with Crippen LogP contribution in [0, 0.1) is 11.8 Å². The summed E-state index contributed by atoms with van der Waals surface area (Å²) in [6.45, 7) is 5.06. The lowest BCUT2D eigenvalue weighted by Crippen LogP contribution is -2.40. The number of halogens is 3. The fraction of sp³-hybridized carbons (Fsp3) is 0.613. The van der Waals surface area contributed by atoms with Crippen molar-refractivity contribution in [2.24, 2.45) is 11.8 Å². The highest BCUT2D eigenvalue weighted by atomic mass is 19.4. The van der Waals surface area contributed by atoms with Crippen LogP contribution in [0.1, 0.15) is 90.0 Å². The average molecular weight is 505 g/mol. The Morgan fingerprint density at radius 3 is 1.97 bits per heavy atom. The molecule has 1 atom stereocenters. The summed E-state index contributed by atoms with van der Waals surface area (Å²) in [5, 5.41) is 0. The Balaban J connectivity index is 1.50. The standard InChI is InChI=1S/C31H43F3O2/c1-3-5-7-8-22-35-29-20-18-27(19-21-29)26-14-12-25(13-15-26)23-36-30(31(32,33)34)28-16-10-24(11-17-28)9-6-4-2/h12-15,18-21,24,28,30H,3-11,16-17,22-23H2,1-2H3. The molecule has 5 heteroatoms. The van der Waals surface area contributed by atoms with E-state index in [1.165, 1.54) is 25.7 Å². The van der Waals surface area contributed by atoms with Crippen molar-refractivity contribution in [3.8, 4) is 16.9 Å². The van der Waals surface area contributed by atoms with Crippen LogP contribution in [-0.4, -0.2) is 18.9 Å². The van der Waals surface area contributed by atoms with Crippen molar-refractivity contribution in [2.45, 2.75) is 103 Å². The van der Waals surface area contributed by atoms with E-state index in [2.05, 4.69) is 13.8 Å². The van der Waals surface area contributed by atoms with Gasteiger partial charge in [-0.25, -0.2) is 0 Å². The van der Waals surface area contributed by atoms with Gasteiger partial charge in [0, 0.05) is 0 Å². The molecule has 0 amide bonds. The number of hydrogen-bond donors (Lipinski definition) is 0. The smallest absolute Gasteiger partial charge is 0.414 e. The number of hydrogen-bond acceptors (Lipinski definition) is 2. The molecule has 0 N–H and O–H groups in total. The fourth-order valence-corrected chi connectivity index (χ4v) is 5.21. The monoisotopic (exact) mass is 504 g/mol. The first-order valence-electron chi connectivity index (χ1n) is 13.9. The molecule has 1 fully saturated rings. The van der Waals surface area contributed by atoms with Crippen LogP contribution in [0.15, 0.2) is 48.5 Å². The van der Waals surface area contributed by atoms with Gasteiger partial charge in [0.1, 0.15) is 5.75 Å². The molecule has 2 aromatic rings. The van der Waals surface area contributed by atoms with Gasteiger partial charge in [-0.3, -0.25) is 0 Å². The van der Waals surface area contributed by atoms with Gasteiger partial charge in [0.2, 0.25) is 0 Å². The Kier molecular flexibility index (Phi) is 11.6. The first-order chi connectivity index (χ1) is 17.4. The second-order valence-electron chi connectivity index (χ2n) is 10.3. The molecule has 3 rings (SSSR count). The molecule has 36 heavy (non-hydrogen) atoms. The quantitative estimate of drug-likeness (QED) is 0.238. The van der Waals surface area contributed by atoms with Crippen LogP contribution < -0.4 is 4.74 Å². The minimum Gasteiger partial charge on any atom is -0.494 e. The highest BCUT2D eigenvalue weighted by molar-refractivity contribution is 5.64. The van der Waals surface area contributed by atoms with Gasteiger partial charge >= 0.3 is 6.18 Å². The van der Waals surface area contributed by atoms with E-state index < -0.39 is 18.2 Å². The highest BCUT2D eigenvalue weighted by Gasteiger charge is 2.46.